The fourth-order valence-electron chi connectivity index (χ4n) is 3.38. The zero-order valence-corrected chi connectivity index (χ0v) is 14.6. The maximum atomic E-state index is 13.8. The molecule has 1 aliphatic heterocycles. The number of carbonyl (C=O) groups is 1. The largest absolute Gasteiger partial charge is 0.461 e. The van der Waals surface area contributed by atoms with Crippen LogP contribution in [0.4, 0.5) is 4.39 Å². The third kappa shape index (κ3) is 4.28. The zero-order valence-electron chi connectivity index (χ0n) is 14.6. The van der Waals surface area contributed by atoms with Gasteiger partial charge in [-0.1, -0.05) is 12.1 Å². The quantitative estimate of drug-likeness (QED) is 0.901. The zero-order chi connectivity index (χ0) is 17.8. The van der Waals surface area contributed by atoms with Crippen molar-refractivity contribution < 1.29 is 13.6 Å². The minimum atomic E-state index is -0.309. The van der Waals surface area contributed by atoms with Gasteiger partial charge >= 0.3 is 0 Å². The number of amides is 1. The first-order valence-corrected chi connectivity index (χ1v) is 8.91. The Labute approximate surface area is 147 Å². The van der Waals surface area contributed by atoms with E-state index in [2.05, 4.69) is 0 Å². The van der Waals surface area contributed by atoms with Crippen LogP contribution in [-0.2, 0) is 11.2 Å². The van der Waals surface area contributed by atoms with E-state index >= 15 is 0 Å². The van der Waals surface area contributed by atoms with Gasteiger partial charge in [0, 0.05) is 32.0 Å². The van der Waals surface area contributed by atoms with E-state index in [4.69, 9.17) is 10.2 Å². The lowest BCUT2D eigenvalue weighted by Gasteiger charge is -2.33. The second kappa shape index (κ2) is 7.83. The van der Waals surface area contributed by atoms with Gasteiger partial charge in [0.05, 0.1) is 5.56 Å². The molecule has 1 atom stereocenters. The minimum absolute atomic E-state index is 0.145. The lowest BCUT2D eigenvalue weighted by atomic mass is 9.91. The molecule has 0 radical (unpaired) electrons. The van der Waals surface area contributed by atoms with Gasteiger partial charge in [-0.05, 0) is 49.9 Å². The lowest BCUT2D eigenvalue weighted by molar-refractivity contribution is -0.132. The van der Waals surface area contributed by atoms with Crippen LogP contribution in [0.2, 0.25) is 0 Å². The van der Waals surface area contributed by atoms with E-state index in [0.717, 1.165) is 25.9 Å². The number of halogens is 1. The summed E-state index contributed by atoms with van der Waals surface area (Å²) in [7, 11) is 0. The summed E-state index contributed by atoms with van der Waals surface area (Å²) in [5, 5.41) is 0. The van der Waals surface area contributed by atoms with E-state index in [0.29, 0.717) is 35.8 Å². The molecule has 0 bridgehead atoms. The highest BCUT2D eigenvalue weighted by Gasteiger charge is 2.24. The van der Waals surface area contributed by atoms with Crippen LogP contribution in [0.25, 0.3) is 11.3 Å². The summed E-state index contributed by atoms with van der Waals surface area (Å²) in [6, 6.07) is 10.3. The molecule has 1 unspecified atom stereocenters. The monoisotopic (exact) mass is 344 g/mol. The third-order valence-electron chi connectivity index (χ3n) is 5.02. The van der Waals surface area contributed by atoms with Crippen LogP contribution in [0.1, 0.15) is 31.9 Å². The highest BCUT2D eigenvalue weighted by Crippen LogP contribution is 2.26. The van der Waals surface area contributed by atoms with Crippen molar-refractivity contribution in [3.8, 4) is 11.3 Å². The normalized spacial score (nSPS) is 16.8. The molecule has 5 heteroatoms. The molecule has 25 heavy (non-hydrogen) atoms. The number of nitrogens with two attached hydrogens (primary N) is 1. The summed E-state index contributed by atoms with van der Waals surface area (Å²) in [6.07, 6.45) is 2.89. The molecule has 1 saturated heterocycles. The lowest BCUT2D eigenvalue weighted by Crippen LogP contribution is -2.42. The summed E-state index contributed by atoms with van der Waals surface area (Å²) >= 11 is 0. The molecule has 2 heterocycles. The van der Waals surface area contributed by atoms with E-state index in [1.807, 2.05) is 17.9 Å². The molecule has 1 aromatic heterocycles. The van der Waals surface area contributed by atoms with E-state index in [-0.39, 0.29) is 17.8 Å². The predicted octanol–water partition coefficient (Wildman–Crippen LogP) is 3.60. The molecule has 1 aliphatic rings. The van der Waals surface area contributed by atoms with Crippen molar-refractivity contribution in [2.45, 2.75) is 38.6 Å². The number of rotatable bonds is 5. The van der Waals surface area contributed by atoms with Crippen LogP contribution in [0.5, 0.6) is 0 Å². The topological polar surface area (TPSA) is 59.5 Å². The van der Waals surface area contributed by atoms with Gasteiger partial charge < -0.3 is 15.1 Å². The molecule has 134 valence electrons. The van der Waals surface area contributed by atoms with Crippen molar-refractivity contribution in [1.29, 1.82) is 0 Å². The number of aryl methyl sites for hydroxylation is 1. The van der Waals surface area contributed by atoms with Gasteiger partial charge in [-0.2, -0.15) is 0 Å². The SMILES string of the molecule is CC(N)C1CCN(C(=O)CCc2ccc(-c3ccccc3F)o2)CC1. The molecular formula is C20H25FN2O2. The Balaban J connectivity index is 1.53. The minimum Gasteiger partial charge on any atom is -0.461 e. The Morgan fingerprint density at radius 3 is 2.68 bits per heavy atom. The van der Waals surface area contributed by atoms with Gasteiger partial charge in [-0.3, -0.25) is 4.79 Å². The van der Waals surface area contributed by atoms with E-state index in [9.17, 15) is 9.18 Å². The van der Waals surface area contributed by atoms with E-state index in [1.165, 1.54) is 6.07 Å². The summed E-state index contributed by atoms with van der Waals surface area (Å²) in [5.41, 5.74) is 6.38. The Hall–Kier alpha value is -2.14. The number of nitrogens with zero attached hydrogens (tertiary/aromatic N) is 1. The molecule has 0 spiro atoms. The second-order valence-electron chi connectivity index (χ2n) is 6.82. The van der Waals surface area contributed by atoms with Crippen molar-refractivity contribution in [2.75, 3.05) is 13.1 Å². The van der Waals surface area contributed by atoms with Gasteiger partial charge in [-0.15, -0.1) is 0 Å². The molecule has 1 amide bonds. The number of benzene rings is 1. The van der Waals surface area contributed by atoms with Crippen molar-refractivity contribution in [1.82, 2.24) is 4.90 Å². The Morgan fingerprint density at radius 2 is 2.00 bits per heavy atom. The molecule has 2 N–H and O–H groups in total. The highest BCUT2D eigenvalue weighted by molar-refractivity contribution is 5.76. The van der Waals surface area contributed by atoms with Crippen LogP contribution in [0.15, 0.2) is 40.8 Å². The predicted molar refractivity (Wildman–Crippen MR) is 95.4 cm³/mol. The van der Waals surface area contributed by atoms with Crippen molar-refractivity contribution in [3.05, 3.63) is 48.0 Å². The van der Waals surface area contributed by atoms with Crippen molar-refractivity contribution >= 4 is 5.91 Å². The first-order chi connectivity index (χ1) is 12.0. The Kier molecular flexibility index (Phi) is 5.53. The van der Waals surface area contributed by atoms with Gasteiger partial charge in [-0.25, -0.2) is 4.39 Å². The summed E-state index contributed by atoms with van der Waals surface area (Å²) < 4.78 is 19.5. The van der Waals surface area contributed by atoms with Gasteiger partial charge in [0.2, 0.25) is 5.91 Å². The number of furan rings is 1. The van der Waals surface area contributed by atoms with Gasteiger partial charge in [0.25, 0.3) is 0 Å². The molecular weight excluding hydrogens is 319 g/mol. The smallest absolute Gasteiger partial charge is 0.223 e. The Morgan fingerprint density at radius 1 is 1.28 bits per heavy atom. The molecule has 2 aromatic rings. The van der Waals surface area contributed by atoms with Crippen molar-refractivity contribution in [3.63, 3.8) is 0 Å². The fourth-order valence-corrected chi connectivity index (χ4v) is 3.38. The molecule has 3 rings (SSSR count). The average Bonchev–Trinajstić information content (AvgIpc) is 3.09. The van der Waals surface area contributed by atoms with Crippen molar-refractivity contribution in [2.24, 2.45) is 11.7 Å². The van der Waals surface area contributed by atoms with Gasteiger partial charge in [0.15, 0.2) is 0 Å². The molecule has 0 aliphatic carbocycles. The molecule has 1 fully saturated rings. The van der Waals surface area contributed by atoms with E-state index in [1.54, 1.807) is 24.3 Å². The number of likely N-dealkylation sites (tertiary alicyclic amines) is 1. The second-order valence-corrected chi connectivity index (χ2v) is 6.82. The molecule has 1 aromatic carbocycles. The molecule has 4 nitrogen and oxygen atoms in total. The van der Waals surface area contributed by atoms with E-state index < -0.39 is 0 Å². The van der Waals surface area contributed by atoms with Crippen LogP contribution in [0, 0.1) is 11.7 Å². The first-order valence-electron chi connectivity index (χ1n) is 8.91. The first kappa shape index (κ1) is 17.7. The maximum Gasteiger partial charge on any atom is 0.223 e. The third-order valence-corrected chi connectivity index (χ3v) is 5.02. The standard InChI is InChI=1S/C20H25FN2O2/c1-14(22)15-10-12-23(13-11-15)20(24)9-7-16-6-8-19(25-16)17-4-2-3-5-18(17)21/h2-6,8,14-15H,7,9-13,22H2,1H3. The van der Waals surface area contributed by atoms with Gasteiger partial charge in [0.1, 0.15) is 17.3 Å². The van der Waals surface area contributed by atoms with Crippen LogP contribution >= 0.6 is 0 Å². The number of hydrogen-bond donors (Lipinski definition) is 1. The number of piperidine rings is 1. The number of carbonyl (C=O) groups excluding carboxylic acids is 1. The Bertz CT molecular complexity index is 718. The van der Waals surface area contributed by atoms with Crippen LogP contribution < -0.4 is 5.73 Å². The van der Waals surface area contributed by atoms with Crippen LogP contribution in [0.3, 0.4) is 0 Å². The molecule has 0 saturated carbocycles. The summed E-state index contributed by atoms with van der Waals surface area (Å²) in [6.45, 7) is 3.60. The summed E-state index contributed by atoms with van der Waals surface area (Å²) in [4.78, 5) is 14.3. The fraction of sp³-hybridized carbons (Fsp3) is 0.450. The maximum absolute atomic E-state index is 13.8. The average molecular weight is 344 g/mol. The summed E-state index contributed by atoms with van der Waals surface area (Å²) in [5.74, 6) is 1.55. The highest BCUT2D eigenvalue weighted by atomic mass is 19.1. The number of hydrogen-bond acceptors (Lipinski definition) is 3. The van der Waals surface area contributed by atoms with Crippen LogP contribution in [-0.4, -0.2) is 29.9 Å².